The average molecular weight is 375 g/mol. The average Bonchev–Trinajstić information content (AvgIpc) is 3.03. The van der Waals surface area contributed by atoms with Crippen molar-refractivity contribution in [2.75, 3.05) is 6.61 Å². The first-order valence-corrected chi connectivity index (χ1v) is 9.66. The van der Waals surface area contributed by atoms with Crippen LogP contribution in [0, 0.1) is 6.92 Å². The summed E-state index contributed by atoms with van der Waals surface area (Å²) >= 11 is 7.87. The molecule has 4 heteroatoms. The van der Waals surface area contributed by atoms with Crippen LogP contribution in [-0.4, -0.2) is 17.3 Å². The van der Waals surface area contributed by atoms with E-state index < -0.39 is 5.60 Å². The van der Waals surface area contributed by atoms with Gasteiger partial charge in [-0.25, -0.2) is 0 Å². The molecule has 2 aromatic carbocycles. The fourth-order valence-electron chi connectivity index (χ4n) is 2.76. The molecule has 0 aliphatic carbocycles. The number of rotatable bonds is 5. The van der Waals surface area contributed by atoms with E-state index in [0.717, 1.165) is 22.8 Å². The number of hydrogen-bond donors (Lipinski definition) is 1. The van der Waals surface area contributed by atoms with E-state index in [4.69, 9.17) is 16.3 Å². The molecule has 0 spiro atoms. The lowest BCUT2D eigenvalue weighted by molar-refractivity contribution is 0.0282. The molecular weight excluding hydrogens is 352 g/mol. The predicted molar refractivity (Wildman–Crippen MR) is 107 cm³/mol. The second-order valence-electron chi connectivity index (χ2n) is 7.04. The van der Waals surface area contributed by atoms with Gasteiger partial charge in [-0.1, -0.05) is 41.9 Å². The SMILES string of the molecule is Cc1cc(C2CC=C(c3ccc(Cl)cc3)S2)ccc1OCC(C)(C)O. The first-order chi connectivity index (χ1) is 11.8. The van der Waals surface area contributed by atoms with Crippen molar-refractivity contribution in [2.45, 2.75) is 38.0 Å². The van der Waals surface area contributed by atoms with Gasteiger partial charge in [-0.2, -0.15) is 0 Å². The molecule has 0 radical (unpaired) electrons. The number of aliphatic hydroxyl groups is 1. The minimum absolute atomic E-state index is 0.285. The van der Waals surface area contributed by atoms with Crippen molar-refractivity contribution in [1.82, 2.24) is 0 Å². The highest BCUT2D eigenvalue weighted by atomic mass is 35.5. The molecule has 132 valence electrons. The first kappa shape index (κ1) is 18.4. The topological polar surface area (TPSA) is 29.5 Å². The van der Waals surface area contributed by atoms with Crippen LogP contribution in [0.5, 0.6) is 5.75 Å². The van der Waals surface area contributed by atoms with E-state index in [9.17, 15) is 5.11 Å². The third-order valence-corrected chi connectivity index (χ3v) is 5.72. The van der Waals surface area contributed by atoms with Crippen LogP contribution in [0.2, 0.25) is 5.02 Å². The largest absolute Gasteiger partial charge is 0.490 e. The molecule has 0 bridgehead atoms. The molecule has 0 saturated heterocycles. The normalized spacial score (nSPS) is 17.5. The summed E-state index contributed by atoms with van der Waals surface area (Å²) in [4.78, 5) is 1.31. The van der Waals surface area contributed by atoms with Gasteiger partial charge in [0.15, 0.2) is 0 Å². The van der Waals surface area contributed by atoms with Gasteiger partial charge in [-0.15, -0.1) is 11.8 Å². The Morgan fingerprint density at radius 2 is 1.92 bits per heavy atom. The molecular formula is C21H23ClO2S. The van der Waals surface area contributed by atoms with Gasteiger partial charge in [0.1, 0.15) is 12.4 Å². The summed E-state index contributed by atoms with van der Waals surface area (Å²) in [6.45, 7) is 5.83. The fourth-order valence-corrected chi connectivity index (χ4v) is 4.13. The third kappa shape index (κ3) is 4.81. The summed E-state index contributed by atoms with van der Waals surface area (Å²) in [7, 11) is 0. The van der Waals surface area contributed by atoms with Crippen molar-refractivity contribution >= 4 is 28.3 Å². The van der Waals surface area contributed by atoms with Gasteiger partial charge < -0.3 is 9.84 Å². The number of benzene rings is 2. The highest BCUT2D eigenvalue weighted by molar-refractivity contribution is 8.08. The fraction of sp³-hybridized carbons (Fsp3) is 0.333. The zero-order valence-electron chi connectivity index (χ0n) is 14.8. The Balaban J connectivity index is 1.67. The molecule has 1 aliphatic rings. The van der Waals surface area contributed by atoms with Gasteiger partial charge in [-0.05, 0) is 62.1 Å². The van der Waals surface area contributed by atoms with E-state index in [0.29, 0.717) is 5.25 Å². The van der Waals surface area contributed by atoms with Crippen LogP contribution < -0.4 is 4.74 Å². The van der Waals surface area contributed by atoms with Gasteiger partial charge in [-0.3, -0.25) is 0 Å². The van der Waals surface area contributed by atoms with Crippen LogP contribution >= 0.6 is 23.4 Å². The van der Waals surface area contributed by atoms with E-state index >= 15 is 0 Å². The monoisotopic (exact) mass is 374 g/mol. The summed E-state index contributed by atoms with van der Waals surface area (Å²) in [5.74, 6) is 0.833. The van der Waals surface area contributed by atoms with Crippen molar-refractivity contribution in [3.8, 4) is 5.75 Å². The number of allylic oxidation sites excluding steroid dienone is 1. The zero-order valence-corrected chi connectivity index (χ0v) is 16.3. The number of halogens is 1. The van der Waals surface area contributed by atoms with Gasteiger partial charge in [0.25, 0.3) is 0 Å². The van der Waals surface area contributed by atoms with Crippen LogP contribution in [-0.2, 0) is 0 Å². The lowest BCUT2D eigenvalue weighted by Gasteiger charge is -2.20. The van der Waals surface area contributed by atoms with Crippen molar-refractivity contribution in [3.05, 3.63) is 70.3 Å². The number of hydrogen-bond acceptors (Lipinski definition) is 3. The molecule has 1 unspecified atom stereocenters. The molecule has 0 fully saturated rings. The van der Waals surface area contributed by atoms with Crippen LogP contribution in [0.3, 0.4) is 0 Å². The van der Waals surface area contributed by atoms with Crippen LogP contribution in [0.15, 0.2) is 48.5 Å². The molecule has 0 aromatic heterocycles. The van der Waals surface area contributed by atoms with Crippen LogP contribution in [0.25, 0.3) is 4.91 Å². The lowest BCUT2D eigenvalue weighted by atomic mass is 10.1. The summed E-state index contributed by atoms with van der Waals surface area (Å²) in [6, 6.07) is 14.3. The molecule has 1 heterocycles. The molecule has 2 aromatic rings. The Hall–Kier alpha value is -1.42. The Kier molecular flexibility index (Phi) is 5.47. The van der Waals surface area contributed by atoms with E-state index in [2.05, 4.69) is 37.3 Å². The maximum Gasteiger partial charge on any atom is 0.122 e. The number of ether oxygens (including phenoxy) is 1. The Bertz CT molecular complexity index is 775. The maximum atomic E-state index is 9.81. The molecule has 0 amide bonds. The summed E-state index contributed by atoms with van der Waals surface area (Å²) in [5, 5.41) is 11.0. The molecule has 1 N–H and O–H groups in total. The third-order valence-electron chi connectivity index (χ3n) is 4.07. The molecule has 1 atom stereocenters. The number of thioether (sulfide) groups is 1. The van der Waals surface area contributed by atoms with Gasteiger partial charge in [0.05, 0.1) is 5.60 Å². The minimum atomic E-state index is -0.830. The number of aryl methyl sites for hydroxylation is 1. The van der Waals surface area contributed by atoms with Crippen molar-refractivity contribution < 1.29 is 9.84 Å². The standard InChI is InChI=1S/C21H23ClO2S/c1-14-12-16(6-9-18(14)24-13-21(2,3)23)20-11-10-19(25-20)15-4-7-17(22)8-5-15/h4-10,12,20,23H,11,13H2,1-3H3. The van der Waals surface area contributed by atoms with Crippen molar-refractivity contribution in [1.29, 1.82) is 0 Å². The first-order valence-electron chi connectivity index (χ1n) is 8.40. The maximum absolute atomic E-state index is 9.81. The Labute approximate surface area is 158 Å². The molecule has 1 aliphatic heterocycles. The van der Waals surface area contributed by atoms with E-state index in [1.807, 2.05) is 30.0 Å². The van der Waals surface area contributed by atoms with Crippen LogP contribution in [0.1, 0.15) is 42.2 Å². The summed E-state index contributed by atoms with van der Waals surface area (Å²) in [5.41, 5.74) is 2.79. The highest BCUT2D eigenvalue weighted by Crippen LogP contribution is 2.48. The molecule has 0 saturated carbocycles. The van der Waals surface area contributed by atoms with Gasteiger partial charge >= 0.3 is 0 Å². The van der Waals surface area contributed by atoms with Gasteiger partial charge in [0, 0.05) is 15.2 Å². The predicted octanol–water partition coefficient (Wildman–Crippen LogP) is 6.02. The highest BCUT2D eigenvalue weighted by Gasteiger charge is 2.21. The smallest absolute Gasteiger partial charge is 0.122 e. The van der Waals surface area contributed by atoms with Gasteiger partial charge in [0.2, 0.25) is 0 Å². The molecule has 3 rings (SSSR count). The second kappa shape index (κ2) is 7.45. The zero-order chi connectivity index (χ0) is 18.0. The van der Waals surface area contributed by atoms with Crippen molar-refractivity contribution in [2.24, 2.45) is 0 Å². The van der Waals surface area contributed by atoms with Crippen molar-refractivity contribution in [3.63, 3.8) is 0 Å². The Morgan fingerprint density at radius 1 is 1.20 bits per heavy atom. The van der Waals surface area contributed by atoms with E-state index in [-0.39, 0.29) is 6.61 Å². The Morgan fingerprint density at radius 3 is 2.56 bits per heavy atom. The molecule has 2 nitrogen and oxygen atoms in total. The van der Waals surface area contributed by atoms with E-state index in [1.54, 1.807) is 13.8 Å². The summed E-state index contributed by atoms with van der Waals surface area (Å²) < 4.78 is 5.74. The van der Waals surface area contributed by atoms with E-state index in [1.165, 1.54) is 16.0 Å². The second-order valence-corrected chi connectivity index (χ2v) is 8.72. The lowest BCUT2D eigenvalue weighted by Crippen LogP contribution is -2.28. The minimum Gasteiger partial charge on any atom is -0.490 e. The quantitative estimate of drug-likeness (QED) is 0.694. The van der Waals surface area contributed by atoms with Crippen LogP contribution in [0.4, 0.5) is 0 Å². The summed E-state index contributed by atoms with van der Waals surface area (Å²) in [6.07, 6.45) is 3.32. The molecule has 25 heavy (non-hydrogen) atoms.